The summed E-state index contributed by atoms with van der Waals surface area (Å²) < 4.78 is 13.6. The summed E-state index contributed by atoms with van der Waals surface area (Å²) in [6.07, 6.45) is 1.99. The van der Waals surface area contributed by atoms with Crippen molar-refractivity contribution in [3.8, 4) is 0 Å². The smallest absolute Gasteiger partial charge is 0.145 e. The van der Waals surface area contributed by atoms with E-state index >= 15 is 0 Å². The van der Waals surface area contributed by atoms with Gasteiger partial charge in [0.25, 0.3) is 0 Å². The van der Waals surface area contributed by atoms with Gasteiger partial charge in [-0.2, -0.15) is 0 Å². The summed E-state index contributed by atoms with van der Waals surface area (Å²) in [5.74, 6) is 0.0935. The van der Waals surface area contributed by atoms with Gasteiger partial charge in [0.15, 0.2) is 0 Å². The van der Waals surface area contributed by atoms with Crippen LogP contribution in [-0.4, -0.2) is 13.1 Å². The van der Waals surface area contributed by atoms with E-state index in [1.807, 2.05) is 12.1 Å². The Morgan fingerprint density at radius 2 is 2.00 bits per heavy atom. The first-order valence-electron chi connectivity index (χ1n) is 4.93. The molecule has 76 valence electrons. The van der Waals surface area contributed by atoms with Gasteiger partial charge in [-0.1, -0.05) is 23.7 Å². The van der Waals surface area contributed by atoms with Crippen LogP contribution in [0.5, 0.6) is 0 Å². The molecule has 1 nitrogen and oxygen atoms in total. The van der Waals surface area contributed by atoms with E-state index in [9.17, 15) is 4.39 Å². The predicted octanol–water partition coefficient (Wildman–Crippen LogP) is 2.95. The van der Waals surface area contributed by atoms with E-state index in [4.69, 9.17) is 11.6 Å². The third kappa shape index (κ3) is 1.91. The molecule has 1 aliphatic rings. The van der Waals surface area contributed by atoms with Crippen LogP contribution in [-0.2, 0) is 0 Å². The molecule has 3 heteroatoms. The number of hydrogen-bond donors (Lipinski definition) is 1. The normalized spacial score (nSPS) is 18.4. The molecule has 1 saturated heterocycles. The molecule has 1 heterocycles. The number of halogens is 2. The van der Waals surface area contributed by atoms with Crippen LogP contribution in [0.15, 0.2) is 18.2 Å². The Labute approximate surface area is 88.3 Å². The highest BCUT2D eigenvalue weighted by Gasteiger charge is 2.19. The van der Waals surface area contributed by atoms with Gasteiger partial charge in [0.05, 0.1) is 5.02 Å². The molecule has 14 heavy (non-hydrogen) atoms. The largest absolute Gasteiger partial charge is 0.317 e. The van der Waals surface area contributed by atoms with Crippen LogP contribution >= 0.6 is 11.6 Å². The molecule has 0 atom stereocenters. The fraction of sp³-hybridized carbons (Fsp3) is 0.455. The van der Waals surface area contributed by atoms with Crippen molar-refractivity contribution < 1.29 is 4.39 Å². The maximum absolute atomic E-state index is 13.6. The van der Waals surface area contributed by atoms with Crippen molar-refractivity contribution in [3.05, 3.63) is 34.6 Å². The predicted molar refractivity (Wildman–Crippen MR) is 56.3 cm³/mol. The summed E-state index contributed by atoms with van der Waals surface area (Å²) in [4.78, 5) is 0. The van der Waals surface area contributed by atoms with E-state index in [2.05, 4.69) is 5.32 Å². The molecule has 0 aliphatic carbocycles. The standard InChI is InChI=1S/C11H13ClFN/c12-10-3-1-2-9(11(10)13)8-4-6-14-7-5-8/h1-3,8,14H,4-7H2. The van der Waals surface area contributed by atoms with Crippen molar-refractivity contribution >= 4 is 11.6 Å². The van der Waals surface area contributed by atoms with Gasteiger partial charge in [0.1, 0.15) is 5.82 Å². The fourth-order valence-corrected chi connectivity index (χ4v) is 2.15. The average Bonchev–Trinajstić information content (AvgIpc) is 2.23. The van der Waals surface area contributed by atoms with Crippen LogP contribution < -0.4 is 5.32 Å². The number of hydrogen-bond acceptors (Lipinski definition) is 1. The van der Waals surface area contributed by atoms with Gasteiger partial charge >= 0.3 is 0 Å². The van der Waals surface area contributed by atoms with Crippen molar-refractivity contribution in [2.45, 2.75) is 18.8 Å². The Morgan fingerprint density at radius 3 is 2.71 bits per heavy atom. The molecule has 0 unspecified atom stereocenters. The lowest BCUT2D eigenvalue weighted by molar-refractivity contribution is 0.445. The average molecular weight is 214 g/mol. The molecule has 2 rings (SSSR count). The van der Waals surface area contributed by atoms with Crippen LogP contribution in [0.25, 0.3) is 0 Å². The lowest BCUT2D eigenvalue weighted by Crippen LogP contribution is -2.27. The van der Waals surface area contributed by atoms with Crippen molar-refractivity contribution in [3.63, 3.8) is 0 Å². The summed E-state index contributed by atoms with van der Waals surface area (Å²) in [6.45, 7) is 1.94. The van der Waals surface area contributed by atoms with Gasteiger partial charge in [-0.25, -0.2) is 4.39 Å². The van der Waals surface area contributed by atoms with Crippen LogP contribution in [0.3, 0.4) is 0 Å². The molecular formula is C11H13ClFN. The SMILES string of the molecule is Fc1c(Cl)cccc1C1CCNCC1. The molecule has 0 spiro atoms. The van der Waals surface area contributed by atoms with Crippen LogP contribution in [0.1, 0.15) is 24.3 Å². The minimum absolute atomic E-state index is 0.235. The van der Waals surface area contributed by atoms with Crippen LogP contribution in [0.2, 0.25) is 5.02 Å². The number of rotatable bonds is 1. The van der Waals surface area contributed by atoms with E-state index in [1.54, 1.807) is 6.07 Å². The van der Waals surface area contributed by atoms with Gasteiger partial charge in [-0.3, -0.25) is 0 Å². The number of piperidine rings is 1. The van der Waals surface area contributed by atoms with Gasteiger partial charge in [-0.15, -0.1) is 0 Å². The highest BCUT2D eigenvalue weighted by Crippen LogP contribution is 2.30. The molecule has 1 aliphatic heterocycles. The van der Waals surface area contributed by atoms with E-state index in [0.717, 1.165) is 31.5 Å². The van der Waals surface area contributed by atoms with E-state index < -0.39 is 0 Å². The summed E-state index contributed by atoms with van der Waals surface area (Å²) in [5, 5.41) is 3.50. The summed E-state index contributed by atoms with van der Waals surface area (Å²) in [5.41, 5.74) is 0.777. The minimum atomic E-state index is -0.235. The lowest BCUT2D eigenvalue weighted by atomic mass is 9.90. The summed E-state index contributed by atoms with van der Waals surface area (Å²) in [7, 11) is 0. The van der Waals surface area contributed by atoms with E-state index in [-0.39, 0.29) is 10.8 Å². The van der Waals surface area contributed by atoms with Gasteiger partial charge in [0.2, 0.25) is 0 Å². The summed E-state index contributed by atoms with van der Waals surface area (Å²) >= 11 is 5.74. The minimum Gasteiger partial charge on any atom is -0.317 e. The monoisotopic (exact) mass is 213 g/mol. The molecular weight excluding hydrogens is 201 g/mol. The van der Waals surface area contributed by atoms with Gasteiger partial charge in [0, 0.05) is 0 Å². The first-order chi connectivity index (χ1) is 6.79. The molecule has 0 radical (unpaired) electrons. The van der Waals surface area contributed by atoms with Gasteiger partial charge in [-0.05, 0) is 43.5 Å². The quantitative estimate of drug-likeness (QED) is 0.757. The molecule has 1 aromatic rings. The zero-order valence-electron chi connectivity index (χ0n) is 7.89. The summed E-state index contributed by atoms with van der Waals surface area (Å²) in [6, 6.07) is 5.27. The fourth-order valence-electron chi connectivity index (χ4n) is 1.97. The molecule has 1 aromatic carbocycles. The zero-order valence-corrected chi connectivity index (χ0v) is 8.65. The zero-order chi connectivity index (χ0) is 9.97. The maximum Gasteiger partial charge on any atom is 0.145 e. The molecule has 0 bridgehead atoms. The maximum atomic E-state index is 13.6. The molecule has 0 saturated carbocycles. The van der Waals surface area contributed by atoms with Crippen molar-refractivity contribution in [2.24, 2.45) is 0 Å². The Bertz CT molecular complexity index is 321. The van der Waals surface area contributed by atoms with E-state index in [1.165, 1.54) is 0 Å². The molecule has 1 N–H and O–H groups in total. The lowest BCUT2D eigenvalue weighted by Gasteiger charge is -2.23. The number of benzene rings is 1. The first-order valence-corrected chi connectivity index (χ1v) is 5.31. The van der Waals surface area contributed by atoms with Crippen molar-refractivity contribution in [2.75, 3.05) is 13.1 Å². The topological polar surface area (TPSA) is 12.0 Å². The Kier molecular flexibility index (Phi) is 3.04. The van der Waals surface area contributed by atoms with Gasteiger partial charge < -0.3 is 5.32 Å². The Balaban J connectivity index is 2.26. The molecule has 0 amide bonds. The highest BCUT2D eigenvalue weighted by atomic mass is 35.5. The second-order valence-corrected chi connectivity index (χ2v) is 4.07. The third-order valence-electron chi connectivity index (χ3n) is 2.76. The van der Waals surface area contributed by atoms with Crippen molar-refractivity contribution in [1.82, 2.24) is 5.32 Å². The first kappa shape index (κ1) is 9.94. The van der Waals surface area contributed by atoms with Crippen LogP contribution in [0.4, 0.5) is 4.39 Å². The Hall–Kier alpha value is -0.600. The van der Waals surface area contributed by atoms with Crippen molar-refractivity contribution in [1.29, 1.82) is 0 Å². The van der Waals surface area contributed by atoms with Crippen LogP contribution in [0, 0.1) is 5.82 Å². The second kappa shape index (κ2) is 4.28. The highest BCUT2D eigenvalue weighted by molar-refractivity contribution is 6.30. The Morgan fingerprint density at radius 1 is 1.29 bits per heavy atom. The van der Waals surface area contributed by atoms with E-state index in [0.29, 0.717) is 5.92 Å². The number of nitrogens with one attached hydrogen (secondary N) is 1. The third-order valence-corrected chi connectivity index (χ3v) is 3.05. The second-order valence-electron chi connectivity index (χ2n) is 3.67. The molecule has 1 fully saturated rings. The molecule has 0 aromatic heterocycles.